The zero-order valence-corrected chi connectivity index (χ0v) is 18.4. The number of hydrogen-bond donors (Lipinski definition) is 0. The van der Waals surface area contributed by atoms with Crippen molar-refractivity contribution in [1.82, 2.24) is 34.7 Å². The molecule has 0 saturated carbocycles. The molecule has 4 aromatic rings. The van der Waals surface area contributed by atoms with Gasteiger partial charge in [0.15, 0.2) is 5.76 Å². The Balaban J connectivity index is 1.37. The van der Waals surface area contributed by atoms with E-state index in [1.54, 1.807) is 24.3 Å². The van der Waals surface area contributed by atoms with Gasteiger partial charge in [0, 0.05) is 13.1 Å². The van der Waals surface area contributed by atoms with Crippen LogP contribution in [0.5, 0.6) is 0 Å². The fourth-order valence-electron chi connectivity index (χ4n) is 3.88. The van der Waals surface area contributed by atoms with Gasteiger partial charge >= 0.3 is 0 Å². The first-order valence-corrected chi connectivity index (χ1v) is 11.6. The van der Waals surface area contributed by atoms with E-state index in [0.29, 0.717) is 30.4 Å². The fourth-order valence-corrected chi connectivity index (χ4v) is 5.49. The Morgan fingerprint density at radius 2 is 2.03 bits per heavy atom. The van der Waals surface area contributed by atoms with Gasteiger partial charge < -0.3 is 8.94 Å². The molecule has 0 radical (unpaired) electrons. The third kappa shape index (κ3) is 3.71. The zero-order chi connectivity index (χ0) is 22.3. The molecule has 12 heteroatoms. The lowest BCUT2D eigenvalue weighted by Gasteiger charge is -2.30. The van der Waals surface area contributed by atoms with Crippen LogP contribution in [-0.4, -0.2) is 56.2 Å². The summed E-state index contributed by atoms with van der Waals surface area (Å²) in [5.74, 6) is 1.87. The summed E-state index contributed by atoms with van der Waals surface area (Å²) in [7, 11) is -3.69. The van der Waals surface area contributed by atoms with Crippen molar-refractivity contribution < 1.29 is 17.4 Å². The van der Waals surface area contributed by atoms with Crippen molar-refractivity contribution in [3.8, 4) is 17.3 Å². The lowest BCUT2D eigenvalue weighted by atomic mass is 10.00. The number of sulfonamides is 1. The van der Waals surface area contributed by atoms with Crippen molar-refractivity contribution in [3.63, 3.8) is 0 Å². The second-order valence-electron chi connectivity index (χ2n) is 7.77. The van der Waals surface area contributed by atoms with Gasteiger partial charge in [-0.2, -0.15) is 9.29 Å². The van der Waals surface area contributed by atoms with Crippen LogP contribution in [0.15, 0.2) is 50.5 Å². The maximum atomic E-state index is 13.3. The predicted molar refractivity (Wildman–Crippen MR) is 111 cm³/mol. The summed E-state index contributed by atoms with van der Waals surface area (Å²) in [4.78, 5) is 4.67. The normalized spacial score (nSPS) is 17.6. The molecule has 1 aromatic carbocycles. The van der Waals surface area contributed by atoms with Gasteiger partial charge in [-0.3, -0.25) is 0 Å². The summed E-state index contributed by atoms with van der Waals surface area (Å²) in [5.41, 5.74) is 1.47. The first kappa shape index (κ1) is 20.5. The number of nitrogens with zero attached hydrogens (tertiary/aromatic N) is 7. The number of hydrogen-bond acceptors (Lipinski definition) is 9. The van der Waals surface area contributed by atoms with Gasteiger partial charge in [-0.05, 0) is 73.0 Å². The van der Waals surface area contributed by atoms with Crippen molar-refractivity contribution in [2.24, 2.45) is 0 Å². The van der Waals surface area contributed by atoms with Crippen LogP contribution in [-0.2, 0) is 10.0 Å². The van der Waals surface area contributed by atoms with E-state index in [1.807, 2.05) is 19.9 Å². The van der Waals surface area contributed by atoms with Gasteiger partial charge in [-0.1, -0.05) is 5.16 Å². The molecular weight excluding hydrogens is 434 g/mol. The molecule has 1 saturated heterocycles. The SMILES string of the molecule is Cc1ccc(-c2noc([C@@H]3CCCN(S(=O)(=O)c4ccc(-n5cnnn5)c(C)c4)C3)n2)o1. The van der Waals surface area contributed by atoms with E-state index in [9.17, 15) is 8.42 Å². The molecule has 0 spiro atoms. The largest absolute Gasteiger partial charge is 0.458 e. The van der Waals surface area contributed by atoms with Gasteiger partial charge in [-0.25, -0.2) is 13.1 Å². The lowest BCUT2D eigenvalue weighted by molar-refractivity contribution is 0.265. The molecule has 5 rings (SSSR count). The van der Waals surface area contributed by atoms with E-state index < -0.39 is 10.0 Å². The minimum atomic E-state index is -3.69. The molecule has 0 unspecified atom stereocenters. The summed E-state index contributed by atoms with van der Waals surface area (Å²) < 4.78 is 40.6. The van der Waals surface area contributed by atoms with Gasteiger partial charge in [0.05, 0.1) is 16.5 Å². The molecule has 0 aliphatic carbocycles. The first-order chi connectivity index (χ1) is 15.4. The van der Waals surface area contributed by atoms with Crippen molar-refractivity contribution in [3.05, 3.63) is 53.9 Å². The zero-order valence-electron chi connectivity index (χ0n) is 17.5. The van der Waals surface area contributed by atoms with Crippen molar-refractivity contribution in [1.29, 1.82) is 0 Å². The lowest BCUT2D eigenvalue weighted by Crippen LogP contribution is -2.39. The smallest absolute Gasteiger partial charge is 0.243 e. The Labute approximate surface area is 184 Å². The van der Waals surface area contributed by atoms with E-state index in [1.165, 1.54) is 15.3 Å². The molecular formula is C20H21N7O4S. The van der Waals surface area contributed by atoms with Crippen molar-refractivity contribution in [2.75, 3.05) is 13.1 Å². The fraction of sp³-hybridized carbons (Fsp3) is 0.350. The highest BCUT2D eigenvalue weighted by atomic mass is 32.2. The molecule has 0 amide bonds. The molecule has 1 atom stereocenters. The van der Waals surface area contributed by atoms with E-state index >= 15 is 0 Å². The number of rotatable bonds is 5. The van der Waals surface area contributed by atoms with Gasteiger partial charge in [-0.15, -0.1) is 5.10 Å². The highest BCUT2D eigenvalue weighted by Crippen LogP contribution is 2.31. The van der Waals surface area contributed by atoms with Crippen LogP contribution in [0.4, 0.5) is 0 Å². The standard InChI is InChI=1S/C20H21N7O4S/c1-13-10-16(6-7-17(13)27-12-21-24-25-27)32(28,29)26-9-3-4-15(11-26)20-22-19(23-31-20)18-8-5-14(2)30-18/h5-8,10,12,15H,3-4,9,11H2,1-2H3/t15-/m1/s1. The molecule has 32 heavy (non-hydrogen) atoms. The highest BCUT2D eigenvalue weighted by molar-refractivity contribution is 7.89. The Morgan fingerprint density at radius 1 is 1.16 bits per heavy atom. The first-order valence-electron chi connectivity index (χ1n) is 10.2. The molecule has 0 bridgehead atoms. The number of furan rings is 1. The molecule has 1 fully saturated rings. The van der Waals surface area contributed by atoms with Gasteiger partial charge in [0.2, 0.25) is 21.7 Å². The molecule has 3 aromatic heterocycles. The Bertz CT molecular complexity index is 1340. The van der Waals surface area contributed by atoms with Crippen molar-refractivity contribution >= 4 is 10.0 Å². The average Bonchev–Trinajstić information content (AvgIpc) is 3.55. The third-order valence-corrected chi connectivity index (χ3v) is 7.40. The minimum Gasteiger partial charge on any atom is -0.458 e. The maximum Gasteiger partial charge on any atom is 0.243 e. The van der Waals surface area contributed by atoms with E-state index in [2.05, 4.69) is 25.7 Å². The van der Waals surface area contributed by atoms with Crippen LogP contribution in [0.25, 0.3) is 17.3 Å². The molecule has 166 valence electrons. The van der Waals surface area contributed by atoms with E-state index in [4.69, 9.17) is 8.94 Å². The van der Waals surface area contributed by atoms with E-state index in [0.717, 1.165) is 23.4 Å². The topological polar surface area (TPSA) is 133 Å². The molecule has 0 N–H and O–H groups in total. The van der Waals surface area contributed by atoms with Crippen LogP contribution in [0, 0.1) is 13.8 Å². The Kier molecular flexibility index (Phi) is 5.10. The number of piperidine rings is 1. The average molecular weight is 456 g/mol. The van der Waals surface area contributed by atoms with Crippen LogP contribution in [0.2, 0.25) is 0 Å². The number of aromatic nitrogens is 6. The summed E-state index contributed by atoms with van der Waals surface area (Å²) in [5, 5.41) is 15.1. The number of benzene rings is 1. The third-order valence-electron chi connectivity index (χ3n) is 5.54. The maximum absolute atomic E-state index is 13.3. The van der Waals surface area contributed by atoms with Crippen LogP contribution >= 0.6 is 0 Å². The molecule has 11 nitrogen and oxygen atoms in total. The summed E-state index contributed by atoms with van der Waals surface area (Å²) in [6.07, 6.45) is 2.93. The second kappa shape index (κ2) is 7.95. The number of tetrazole rings is 1. The van der Waals surface area contributed by atoms with Gasteiger partial charge in [0.25, 0.3) is 0 Å². The summed E-state index contributed by atoms with van der Waals surface area (Å²) >= 11 is 0. The van der Waals surface area contributed by atoms with E-state index in [-0.39, 0.29) is 17.4 Å². The molecule has 4 heterocycles. The highest BCUT2D eigenvalue weighted by Gasteiger charge is 2.34. The van der Waals surface area contributed by atoms with Crippen LogP contribution in [0.3, 0.4) is 0 Å². The Hall–Kier alpha value is -3.38. The van der Waals surface area contributed by atoms with Crippen LogP contribution < -0.4 is 0 Å². The minimum absolute atomic E-state index is 0.183. The van der Waals surface area contributed by atoms with Crippen LogP contribution in [0.1, 0.15) is 36.0 Å². The Morgan fingerprint density at radius 3 is 2.75 bits per heavy atom. The molecule has 1 aliphatic heterocycles. The quantitative estimate of drug-likeness (QED) is 0.445. The molecule has 1 aliphatic rings. The monoisotopic (exact) mass is 455 g/mol. The summed E-state index contributed by atoms with van der Waals surface area (Å²) in [6.45, 7) is 4.37. The second-order valence-corrected chi connectivity index (χ2v) is 9.71. The number of aryl methyl sites for hydroxylation is 2. The van der Waals surface area contributed by atoms with Gasteiger partial charge in [0.1, 0.15) is 12.1 Å². The summed E-state index contributed by atoms with van der Waals surface area (Å²) in [6, 6.07) is 8.53. The predicted octanol–water partition coefficient (Wildman–Crippen LogP) is 2.49. The van der Waals surface area contributed by atoms with Crippen molar-refractivity contribution in [2.45, 2.75) is 37.5 Å².